The maximum atomic E-state index is 10.4. The second-order valence-electron chi connectivity index (χ2n) is 3.25. The van der Waals surface area contributed by atoms with Gasteiger partial charge < -0.3 is 29.4 Å². The van der Waals surface area contributed by atoms with Gasteiger partial charge in [0.05, 0.1) is 12.6 Å². The first-order chi connectivity index (χ1) is 6.64. The second kappa shape index (κ2) is 6.35. The minimum absolute atomic E-state index is 0.111. The molecule has 0 fully saturated rings. The van der Waals surface area contributed by atoms with Crippen LogP contribution in [0.3, 0.4) is 0 Å². The van der Waals surface area contributed by atoms with Crippen LogP contribution in [0.5, 0.6) is 0 Å². The van der Waals surface area contributed by atoms with E-state index < -0.39 is 28.5 Å². The van der Waals surface area contributed by atoms with Gasteiger partial charge in [0.1, 0.15) is 0 Å². The van der Waals surface area contributed by atoms with E-state index in [1.165, 1.54) is 0 Å². The Kier molecular flexibility index (Phi) is 6.59. The monoisotopic (exact) mass is 257 g/mol. The second-order valence-corrected chi connectivity index (χ2v) is 6.26. The van der Waals surface area contributed by atoms with Crippen LogP contribution in [-0.4, -0.2) is 24.0 Å². The summed E-state index contributed by atoms with van der Waals surface area (Å²) in [7, 11) is -9.64. The zero-order chi connectivity index (χ0) is 12.1. The van der Waals surface area contributed by atoms with Gasteiger partial charge in [-0.1, -0.05) is 13.3 Å². The molecule has 0 saturated heterocycles. The highest BCUT2D eigenvalue weighted by Gasteiger charge is 2.13. The molecule has 0 spiro atoms. The van der Waals surface area contributed by atoms with E-state index in [4.69, 9.17) is 0 Å². The van der Waals surface area contributed by atoms with Gasteiger partial charge in [-0.05, 0) is 6.42 Å². The summed E-state index contributed by atoms with van der Waals surface area (Å²) >= 11 is 0. The topological polar surface area (TPSA) is 142 Å². The zero-order valence-corrected chi connectivity index (χ0v) is 10.1. The molecule has 0 unspecified atom stereocenters. The Labute approximate surface area is 89.8 Å². The predicted octanol–water partition coefficient (Wildman–Crippen LogP) is -4.31. The van der Waals surface area contributed by atoms with E-state index in [2.05, 4.69) is 0 Å². The van der Waals surface area contributed by atoms with Gasteiger partial charge in [-0.25, -0.2) is 4.90 Å². The molecule has 0 rings (SSSR count). The molecular weight excluding hydrogens is 244 g/mol. The van der Waals surface area contributed by atoms with Crippen LogP contribution in [-0.2, 0) is 0 Å². The molecule has 0 radical (unpaired) electrons. The van der Waals surface area contributed by atoms with Gasteiger partial charge in [0, 0.05) is 6.54 Å². The molecule has 0 atom stereocenters. The first-order valence-corrected chi connectivity index (χ1v) is 7.84. The van der Waals surface area contributed by atoms with Gasteiger partial charge in [-0.15, -0.1) is 15.9 Å². The number of hydrogen-bond acceptors (Lipinski definition) is 7. The van der Waals surface area contributed by atoms with Crippen molar-refractivity contribution >= 4 is 15.9 Å². The first kappa shape index (κ1) is 15.6. The third kappa shape index (κ3) is 10.9. The summed E-state index contributed by atoms with van der Waals surface area (Å²) in [4.78, 5) is 63.4. The average molecular weight is 257 g/mol. The highest BCUT2D eigenvalue weighted by Crippen LogP contribution is 2.34. The third-order valence-corrected chi connectivity index (χ3v) is 3.07. The van der Waals surface area contributed by atoms with E-state index in [-0.39, 0.29) is 6.54 Å². The van der Waals surface area contributed by atoms with Gasteiger partial charge in [-0.3, -0.25) is 0 Å². The van der Waals surface area contributed by atoms with Gasteiger partial charge >= 0.3 is 0 Å². The lowest BCUT2D eigenvalue weighted by molar-refractivity contribution is -0.431. The molecule has 0 saturated carbocycles. The van der Waals surface area contributed by atoms with Crippen molar-refractivity contribution in [2.75, 3.05) is 19.1 Å². The zero-order valence-electron chi connectivity index (χ0n) is 8.33. The Morgan fingerprint density at radius 1 is 0.867 bits per heavy atom. The Balaban J connectivity index is 4.19. The standard InChI is InChI=1S/C6H17NO6P2/c1-2-3-4-7(5-14(8,9)10)6-15(11,12)13/h2-6H2,1H3,(H2,8,9,10)(H2,11,12,13)/p-4. The number of nitrogens with zero attached hydrogens (tertiary/aromatic N) is 1. The summed E-state index contributed by atoms with van der Waals surface area (Å²) in [6, 6.07) is 0. The fourth-order valence-electron chi connectivity index (χ4n) is 1.06. The Morgan fingerprint density at radius 2 is 1.27 bits per heavy atom. The lowest BCUT2D eigenvalue weighted by Crippen LogP contribution is -2.47. The Morgan fingerprint density at radius 3 is 1.53 bits per heavy atom. The van der Waals surface area contributed by atoms with Gasteiger partial charge in [0.25, 0.3) is 0 Å². The summed E-state index contributed by atoms with van der Waals surface area (Å²) < 4.78 is 0. The molecule has 0 aromatic heterocycles. The molecule has 0 aromatic carbocycles. The molecule has 15 heavy (non-hydrogen) atoms. The number of unbranched alkanes of at least 4 members (excludes halogenated alkanes) is 1. The summed E-state index contributed by atoms with van der Waals surface area (Å²) in [5, 5.41) is 0. The largest absolute Gasteiger partial charge is 0.687 e. The van der Waals surface area contributed by atoms with Crippen LogP contribution in [0, 0.1) is 0 Å². The van der Waals surface area contributed by atoms with Gasteiger partial charge in [0.2, 0.25) is 0 Å². The molecule has 0 aliphatic heterocycles. The van der Waals surface area contributed by atoms with Gasteiger partial charge in [0.15, 0.2) is 0 Å². The fourth-order valence-corrected chi connectivity index (χ4v) is 2.68. The highest BCUT2D eigenvalue weighted by molar-refractivity contribution is 7.55. The molecular formula is C6H13NO6P2-4. The van der Waals surface area contributed by atoms with Crippen LogP contribution >= 0.6 is 15.9 Å². The summed E-state index contributed by atoms with van der Waals surface area (Å²) in [5.41, 5.74) is 0. The minimum atomic E-state index is -4.82. The van der Waals surface area contributed by atoms with Crippen LogP contribution in [0.4, 0.5) is 0 Å². The van der Waals surface area contributed by atoms with Crippen LogP contribution < -0.4 is 29.4 Å². The summed E-state index contributed by atoms with van der Waals surface area (Å²) in [5.74, 6) is 0. The van der Waals surface area contributed by atoms with E-state index in [1.807, 2.05) is 6.92 Å². The minimum Gasteiger partial charge on any atom is -0.687 e. The number of rotatable bonds is 7. The first-order valence-electron chi connectivity index (χ1n) is 4.38. The smallest absolute Gasteiger partial charge is 0.0970 e. The van der Waals surface area contributed by atoms with E-state index in [0.717, 1.165) is 4.90 Å². The van der Waals surface area contributed by atoms with Crippen LogP contribution in [0.15, 0.2) is 0 Å². The molecule has 0 aliphatic rings. The maximum Gasteiger partial charge on any atom is 0.0970 e. The molecule has 0 amide bonds. The van der Waals surface area contributed by atoms with E-state index in [1.54, 1.807) is 0 Å². The molecule has 0 heterocycles. The molecule has 9 heteroatoms. The maximum absolute atomic E-state index is 10.4. The lowest BCUT2D eigenvalue weighted by atomic mass is 10.3. The summed E-state index contributed by atoms with van der Waals surface area (Å²) in [6.07, 6.45) is -0.594. The van der Waals surface area contributed by atoms with E-state index in [9.17, 15) is 29.4 Å². The van der Waals surface area contributed by atoms with Crippen molar-refractivity contribution in [2.24, 2.45) is 0 Å². The Bertz CT molecular complexity index is 163. The van der Waals surface area contributed by atoms with Crippen molar-refractivity contribution in [2.45, 2.75) is 19.8 Å². The van der Waals surface area contributed by atoms with Gasteiger partial charge in [-0.2, -0.15) is 0 Å². The van der Waals surface area contributed by atoms with Crippen LogP contribution in [0.25, 0.3) is 0 Å². The predicted molar refractivity (Wildman–Crippen MR) is 45.2 cm³/mol. The fraction of sp³-hybridized carbons (Fsp3) is 1.00. The van der Waals surface area contributed by atoms with Crippen molar-refractivity contribution in [1.29, 1.82) is 0 Å². The highest BCUT2D eigenvalue weighted by atomic mass is 31.2. The van der Waals surface area contributed by atoms with E-state index >= 15 is 0 Å². The third-order valence-electron chi connectivity index (χ3n) is 1.57. The molecule has 0 N–H and O–H groups in total. The van der Waals surface area contributed by atoms with E-state index in [0.29, 0.717) is 12.8 Å². The van der Waals surface area contributed by atoms with Crippen molar-refractivity contribution < 1.29 is 29.4 Å². The normalized spacial score (nSPS) is 13.6. The van der Waals surface area contributed by atoms with Crippen molar-refractivity contribution in [1.82, 2.24) is 4.90 Å². The molecule has 0 aliphatic carbocycles. The quantitative estimate of drug-likeness (QED) is 0.420. The average Bonchev–Trinajstić information content (AvgIpc) is 1.94. The molecule has 0 aromatic rings. The van der Waals surface area contributed by atoms with Crippen molar-refractivity contribution in [3.05, 3.63) is 0 Å². The lowest BCUT2D eigenvalue weighted by Gasteiger charge is -2.49. The number of hydrogen-bond donors (Lipinski definition) is 0. The van der Waals surface area contributed by atoms with Crippen molar-refractivity contribution in [3.8, 4) is 0 Å². The van der Waals surface area contributed by atoms with Crippen LogP contribution in [0.2, 0.25) is 0 Å². The Hall–Kier alpha value is 0.580. The van der Waals surface area contributed by atoms with Crippen molar-refractivity contribution in [3.63, 3.8) is 0 Å². The molecule has 7 nitrogen and oxygen atoms in total. The summed E-state index contributed by atoms with van der Waals surface area (Å²) in [6.45, 7) is 1.93. The SMILES string of the molecule is CCCCN(C[P+]([O-])([O-])[O-])C[P+]([O-])([O-])[O-]. The molecule has 92 valence electrons. The molecule has 0 bridgehead atoms. The van der Waals surface area contributed by atoms with Crippen LogP contribution in [0.1, 0.15) is 19.8 Å².